The van der Waals surface area contributed by atoms with Gasteiger partial charge in [-0.2, -0.15) is 0 Å². The van der Waals surface area contributed by atoms with Crippen molar-refractivity contribution in [2.24, 2.45) is 0 Å². The molecule has 1 aliphatic heterocycles. The van der Waals surface area contributed by atoms with Gasteiger partial charge in [-0.25, -0.2) is 4.98 Å². The van der Waals surface area contributed by atoms with Crippen molar-refractivity contribution < 1.29 is 4.79 Å². The van der Waals surface area contributed by atoms with Crippen LogP contribution in [0.1, 0.15) is 52.8 Å². The van der Waals surface area contributed by atoms with Gasteiger partial charge < -0.3 is 10.6 Å². The van der Waals surface area contributed by atoms with Gasteiger partial charge in [-0.1, -0.05) is 24.3 Å². The number of rotatable bonds is 5. The third kappa shape index (κ3) is 3.75. The van der Waals surface area contributed by atoms with Crippen LogP contribution in [-0.2, 0) is 12.8 Å². The fourth-order valence-corrected chi connectivity index (χ4v) is 4.84. The van der Waals surface area contributed by atoms with Crippen LogP contribution in [-0.4, -0.2) is 28.4 Å². The van der Waals surface area contributed by atoms with E-state index < -0.39 is 0 Å². The highest BCUT2D eigenvalue weighted by Crippen LogP contribution is 2.28. The Morgan fingerprint density at radius 3 is 3.09 bits per heavy atom. The molecule has 0 aliphatic carbocycles. The van der Waals surface area contributed by atoms with Crippen LogP contribution in [0.15, 0.2) is 17.5 Å². The molecule has 2 aromatic heterocycles. The van der Waals surface area contributed by atoms with Crippen molar-refractivity contribution in [1.82, 2.24) is 9.88 Å². The van der Waals surface area contributed by atoms with Crippen LogP contribution >= 0.6 is 22.7 Å². The minimum atomic E-state index is 0.131. The Morgan fingerprint density at radius 2 is 2.35 bits per heavy atom. The Morgan fingerprint density at radius 1 is 1.48 bits per heavy atom. The van der Waals surface area contributed by atoms with E-state index in [-0.39, 0.29) is 5.91 Å². The number of thiazole rings is 1. The molecule has 3 heterocycles. The molecule has 124 valence electrons. The maximum Gasteiger partial charge on any atom is 0.266 e. The lowest BCUT2D eigenvalue weighted by molar-refractivity contribution is 0.0606. The van der Waals surface area contributed by atoms with E-state index in [0.29, 0.717) is 11.2 Å². The van der Waals surface area contributed by atoms with Crippen molar-refractivity contribution in [3.05, 3.63) is 33.0 Å². The quantitative estimate of drug-likeness (QED) is 0.888. The summed E-state index contributed by atoms with van der Waals surface area (Å²) in [5, 5.41) is 2.62. The molecule has 0 aromatic carbocycles. The van der Waals surface area contributed by atoms with Gasteiger partial charge in [0.2, 0.25) is 0 Å². The summed E-state index contributed by atoms with van der Waals surface area (Å²) in [5.41, 5.74) is 6.67. The van der Waals surface area contributed by atoms with Gasteiger partial charge in [0.15, 0.2) is 5.13 Å². The lowest BCUT2D eigenvalue weighted by atomic mass is 9.97. The molecule has 0 saturated carbocycles. The summed E-state index contributed by atoms with van der Waals surface area (Å²) in [6.45, 7) is 2.88. The van der Waals surface area contributed by atoms with Gasteiger partial charge in [-0.3, -0.25) is 4.79 Å². The molecule has 1 aliphatic rings. The largest absolute Gasteiger partial charge is 0.375 e. The number of likely N-dealkylation sites (tertiary alicyclic amines) is 1. The van der Waals surface area contributed by atoms with Crippen LogP contribution in [0.2, 0.25) is 0 Å². The third-order valence-corrected chi connectivity index (χ3v) is 6.29. The lowest BCUT2D eigenvalue weighted by Crippen LogP contribution is -2.44. The Bertz CT molecular complexity index is 651. The Balaban J connectivity index is 1.73. The average molecular weight is 350 g/mol. The molecule has 6 heteroatoms. The van der Waals surface area contributed by atoms with Crippen molar-refractivity contribution in [3.63, 3.8) is 0 Å². The second-order valence-corrected chi connectivity index (χ2v) is 8.01. The van der Waals surface area contributed by atoms with E-state index >= 15 is 0 Å². The smallest absolute Gasteiger partial charge is 0.266 e. The zero-order valence-electron chi connectivity index (χ0n) is 13.5. The summed E-state index contributed by atoms with van der Waals surface area (Å²) in [4.78, 5) is 21.5. The molecule has 1 saturated heterocycles. The number of hydrogen-bond acceptors (Lipinski definition) is 5. The van der Waals surface area contributed by atoms with E-state index in [4.69, 9.17) is 5.73 Å². The van der Waals surface area contributed by atoms with Gasteiger partial charge in [0.05, 0.1) is 5.69 Å². The fourth-order valence-electron chi connectivity index (χ4n) is 3.24. The zero-order chi connectivity index (χ0) is 16.2. The number of carbonyl (C=O) groups excluding carboxylic acids is 1. The average Bonchev–Trinajstić information content (AvgIpc) is 3.21. The number of hydrogen-bond donors (Lipinski definition) is 1. The van der Waals surface area contributed by atoms with Gasteiger partial charge in [0.25, 0.3) is 5.91 Å². The van der Waals surface area contributed by atoms with Gasteiger partial charge in [0, 0.05) is 17.5 Å². The molecule has 1 fully saturated rings. The number of carbonyl (C=O) groups is 1. The second-order valence-electron chi connectivity index (χ2n) is 5.95. The van der Waals surface area contributed by atoms with Crippen molar-refractivity contribution in [3.8, 4) is 0 Å². The van der Waals surface area contributed by atoms with Gasteiger partial charge in [0.1, 0.15) is 4.88 Å². The molecule has 2 aromatic rings. The number of nitrogens with zero attached hydrogens (tertiary/aromatic N) is 2. The zero-order valence-corrected chi connectivity index (χ0v) is 15.1. The number of nitrogen functional groups attached to an aromatic ring is 1. The van der Waals surface area contributed by atoms with Gasteiger partial charge >= 0.3 is 0 Å². The first kappa shape index (κ1) is 16.5. The van der Waals surface area contributed by atoms with E-state index in [9.17, 15) is 4.79 Å². The standard InChI is InChI=1S/C17H23N3OS2/c1-2-14-15(23-17(18)19-14)16(21)20-10-4-3-6-12(20)8-9-13-7-5-11-22-13/h5,7,11-12H,2-4,6,8-10H2,1H3,(H2,18,19)/t12-/m0/s1. The van der Waals surface area contributed by atoms with Gasteiger partial charge in [-0.15, -0.1) is 11.3 Å². The van der Waals surface area contributed by atoms with E-state index in [0.717, 1.165) is 49.2 Å². The van der Waals surface area contributed by atoms with Crippen LogP contribution in [0.25, 0.3) is 0 Å². The molecule has 0 radical (unpaired) electrons. The van der Waals surface area contributed by atoms with Crippen molar-refractivity contribution in [2.75, 3.05) is 12.3 Å². The lowest BCUT2D eigenvalue weighted by Gasteiger charge is -2.35. The van der Waals surface area contributed by atoms with Crippen molar-refractivity contribution >= 4 is 33.7 Å². The number of nitrogens with two attached hydrogens (primary N) is 1. The van der Waals surface area contributed by atoms with E-state index in [2.05, 4.69) is 27.4 Å². The van der Waals surface area contributed by atoms with E-state index in [1.807, 2.05) is 6.92 Å². The second kappa shape index (κ2) is 7.45. The molecule has 3 rings (SSSR count). The Hall–Kier alpha value is -1.40. The maximum atomic E-state index is 13.0. The fraction of sp³-hybridized carbons (Fsp3) is 0.529. The minimum absolute atomic E-state index is 0.131. The molecule has 2 N–H and O–H groups in total. The summed E-state index contributed by atoms with van der Waals surface area (Å²) in [5.74, 6) is 0.131. The summed E-state index contributed by atoms with van der Waals surface area (Å²) < 4.78 is 0. The number of aryl methyl sites for hydroxylation is 2. The highest BCUT2D eigenvalue weighted by atomic mass is 32.1. The number of piperidine rings is 1. The molecular formula is C17H23N3OS2. The highest BCUT2D eigenvalue weighted by molar-refractivity contribution is 7.17. The molecule has 4 nitrogen and oxygen atoms in total. The van der Waals surface area contributed by atoms with Crippen LogP contribution < -0.4 is 5.73 Å². The van der Waals surface area contributed by atoms with Gasteiger partial charge in [-0.05, 0) is 50.0 Å². The van der Waals surface area contributed by atoms with E-state index in [1.165, 1.54) is 22.6 Å². The van der Waals surface area contributed by atoms with Crippen LogP contribution in [0.4, 0.5) is 5.13 Å². The number of aromatic nitrogens is 1. The van der Waals surface area contributed by atoms with Crippen LogP contribution in [0, 0.1) is 0 Å². The normalized spacial score (nSPS) is 18.3. The molecule has 1 amide bonds. The molecule has 0 bridgehead atoms. The topological polar surface area (TPSA) is 59.2 Å². The van der Waals surface area contributed by atoms with Crippen LogP contribution in [0.3, 0.4) is 0 Å². The van der Waals surface area contributed by atoms with Crippen LogP contribution in [0.5, 0.6) is 0 Å². The number of thiophene rings is 1. The summed E-state index contributed by atoms with van der Waals surface area (Å²) in [6, 6.07) is 4.61. The first-order chi connectivity index (χ1) is 11.2. The molecule has 1 atom stereocenters. The molecular weight excluding hydrogens is 326 g/mol. The summed E-state index contributed by atoms with van der Waals surface area (Å²) in [6.07, 6.45) is 6.26. The first-order valence-corrected chi connectivity index (χ1v) is 9.97. The minimum Gasteiger partial charge on any atom is -0.375 e. The number of amides is 1. The highest BCUT2D eigenvalue weighted by Gasteiger charge is 2.30. The Labute approximate surface area is 145 Å². The first-order valence-electron chi connectivity index (χ1n) is 8.27. The Kier molecular flexibility index (Phi) is 5.33. The monoisotopic (exact) mass is 349 g/mol. The van der Waals surface area contributed by atoms with Crippen molar-refractivity contribution in [2.45, 2.75) is 51.5 Å². The summed E-state index contributed by atoms with van der Waals surface area (Å²) in [7, 11) is 0. The van der Waals surface area contributed by atoms with Crippen molar-refractivity contribution in [1.29, 1.82) is 0 Å². The summed E-state index contributed by atoms with van der Waals surface area (Å²) >= 11 is 3.14. The molecule has 0 spiro atoms. The SMILES string of the molecule is CCc1nc(N)sc1C(=O)N1CCCC[C@H]1CCc1cccs1. The third-order valence-electron chi connectivity index (χ3n) is 4.44. The van der Waals surface area contributed by atoms with E-state index in [1.54, 1.807) is 11.3 Å². The molecule has 0 unspecified atom stereocenters. The number of anilines is 1. The predicted octanol–water partition coefficient (Wildman–Crippen LogP) is 3.98. The molecule has 23 heavy (non-hydrogen) atoms. The predicted molar refractivity (Wildman–Crippen MR) is 97.2 cm³/mol. The maximum absolute atomic E-state index is 13.0.